The number of hydrogen-bond acceptors (Lipinski definition) is 2. The van der Waals surface area contributed by atoms with E-state index in [2.05, 4.69) is 49.1 Å². The summed E-state index contributed by atoms with van der Waals surface area (Å²) in [4.78, 5) is 2.68. The van der Waals surface area contributed by atoms with Gasteiger partial charge in [-0.2, -0.15) is 0 Å². The van der Waals surface area contributed by atoms with Gasteiger partial charge < -0.3 is 5.11 Å². The molecule has 0 radical (unpaired) electrons. The molecule has 2 fully saturated rings. The molecule has 122 valence electrons. The number of piperidine rings is 2. The lowest BCUT2D eigenvalue weighted by Crippen LogP contribution is -2.57. The fraction of sp³-hybridized carbons (Fsp3) is 0.700. The number of benzene rings is 1. The Morgan fingerprint density at radius 1 is 1.14 bits per heavy atom. The normalized spacial score (nSPS) is 32.4. The van der Waals surface area contributed by atoms with E-state index < -0.39 is 5.60 Å². The Morgan fingerprint density at radius 2 is 1.77 bits per heavy atom. The van der Waals surface area contributed by atoms with Crippen molar-refractivity contribution in [1.82, 2.24) is 4.90 Å². The molecule has 2 nitrogen and oxygen atoms in total. The molecule has 0 saturated carbocycles. The van der Waals surface area contributed by atoms with Crippen molar-refractivity contribution in [2.75, 3.05) is 0 Å². The van der Waals surface area contributed by atoms with Gasteiger partial charge in [0, 0.05) is 18.6 Å². The summed E-state index contributed by atoms with van der Waals surface area (Å²) in [6.45, 7) is 5.57. The Balaban J connectivity index is 1.68. The van der Waals surface area contributed by atoms with Gasteiger partial charge in [-0.25, -0.2) is 0 Å². The zero-order valence-corrected chi connectivity index (χ0v) is 14.2. The van der Waals surface area contributed by atoms with E-state index in [0.717, 1.165) is 32.2 Å². The molecule has 1 N–H and O–H groups in total. The number of nitrogens with zero attached hydrogens (tertiary/aromatic N) is 1. The number of hydrogen-bond donors (Lipinski definition) is 1. The third-order valence-corrected chi connectivity index (χ3v) is 5.64. The van der Waals surface area contributed by atoms with Crippen LogP contribution in [-0.4, -0.2) is 27.7 Å². The van der Waals surface area contributed by atoms with Crippen LogP contribution >= 0.6 is 0 Å². The van der Waals surface area contributed by atoms with E-state index >= 15 is 0 Å². The second kappa shape index (κ2) is 6.72. The van der Waals surface area contributed by atoms with E-state index in [1.165, 1.54) is 24.8 Å². The van der Waals surface area contributed by atoms with Crippen LogP contribution in [0.2, 0.25) is 0 Å². The quantitative estimate of drug-likeness (QED) is 0.873. The van der Waals surface area contributed by atoms with Crippen molar-refractivity contribution in [1.29, 1.82) is 0 Å². The Hall–Kier alpha value is -0.860. The van der Waals surface area contributed by atoms with Crippen molar-refractivity contribution in [3.05, 3.63) is 35.9 Å². The van der Waals surface area contributed by atoms with Gasteiger partial charge in [0.05, 0.1) is 5.60 Å². The highest BCUT2D eigenvalue weighted by Crippen LogP contribution is 2.42. The molecular weight excluding hydrogens is 270 g/mol. The van der Waals surface area contributed by atoms with Crippen molar-refractivity contribution in [3.63, 3.8) is 0 Å². The average Bonchev–Trinajstić information content (AvgIpc) is 2.48. The van der Waals surface area contributed by atoms with Gasteiger partial charge in [0.15, 0.2) is 0 Å². The van der Waals surface area contributed by atoms with E-state index in [0.29, 0.717) is 18.0 Å². The average molecular weight is 301 g/mol. The molecule has 2 unspecified atom stereocenters. The maximum Gasteiger partial charge on any atom is 0.0677 e. The summed E-state index contributed by atoms with van der Waals surface area (Å²) >= 11 is 0. The molecule has 2 aliphatic rings. The highest BCUT2D eigenvalue weighted by molar-refractivity contribution is 5.15. The van der Waals surface area contributed by atoms with Crippen molar-refractivity contribution in [2.45, 2.75) is 83.0 Å². The third-order valence-electron chi connectivity index (χ3n) is 5.64. The van der Waals surface area contributed by atoms with Gasteiger partial charge in [0.2, 0.25) is 0 Å². The first-order chi connectivity index (χ1) is 10.6. The molecule has 3 rings (SSSR count). The fourth-order valence-electron chi connectivity index (χ4n) is 4.43. The number of aliphatic hydroxyl groups is 1. The topological polar surface area (TPSA) is 23.5 Å². The van der Waals surface area contributed by atoms with Crippen LogP contribution < -0.4 is 0 Å². The predicted octanol–water partition coefficient (Wildman–Crippen LogP) is 4.37. The molecule has 2 bridgehead atoms. The second-order valence-corrected chi connectivity index (χ2v) is 7.96. The lowest BCUT2D eigenvalue weighted by atomic mass is 9.73. The van der Waals surface area contributed by atoms with Crippen LogP contribution in [0.4, 0.5) is 0 Å². The predicted molar refractivity (Wildman–Crippen MR) is 91.7 cm³/mol. The lowest BCUT2D eigenvalue weighted by Gasteiger charge is -2.52. The zero-order valence-electron chi connectivity index (χ0n) is 14.2. The first-order valence-corrected chi connectivity index (χ1v) is 9.08. The largest absolute Gasteiger partial charge is 0.390 e. The van der Waals surface area contributed by atoms with Crippen molar-refractivity contribution in [3.8, 4) is 0 Å². The zero-order chi connectivity index (χ0) is 15.6. The van der Waals surface area contributed by atoms with Crippen molar-refractivity contribution >= 4 is 0 Å². The second-order valence-electron chi connectivity index (χ2n) is 7.96. The van der Waals surface area contributed by atoms with Gasteiger partial charge in [0.1, 0.15) is 0 Å². The molecule has 2 saturated heterocycles. The maximum absolute atomic E-state index is 11.1. The minimum atomic E-state index is -0.410. The number of rotatable bonds is 5. The highest BCUT2D eigenvalue weighted by Gasteiger charge is 2.44. The molecule has 0 aliphatic carbocycles. The van der Waals surface area contributed by atoms with Crippen LogP contribution in [-0.2, 0) is 6.54 Å². The van der Waals surface area contributed by atoms with Crippen molar-refractivity contribution < 1.29 is 5.11 Å². The minimum Gasteiger partial charge on any atom is -0.390 e. The van der Waals surface area contributed by atoms with Gasteiger partial charge >= 0.3 is 0 Å². The van der Waals surface area contributed by atoms with E-state index in [-0.39, 0.29) is 0 Å². The highest BCUT2D eigenvalue weighted by atomic mass is 16.3. The molecular formula is C20H31NO. The van der Waals surface area contributed by atoms with E-state index in [1.807, 2.05) is 0 Å². The Labute approximate surface area is 135 Å². The smallest absolute Gasteiger partial charge is 0.0677 e. The van der Waals surface area contributed by atoms with E-state index in [1.54, 1.807) is 0 Å². The van der Waals surface area contributed by atoms with Crippen LogP contribution in [0.15, 0.2) is 30.3 Å². The van der Waals surface area contributed by atoms with Gasteiger partial charge in [-0.05, 0) is 50.0 Å². The van der Waals surface area contributed by atoms with Crippen LogP contribution in [0.25, 0.3) is 0 Å². The monoisotopic (exact) mass is 301 g/mol. The Morgan fingerprint density at radius 3 is 2.36 bits per heavy atom. The van der Waals surface area contributed by atoms with Gasteiger partial charge in [0.25, 0.3) is 0 Å². The molecule has 0 amide bonds. The molecule has 2 aliphatic heterocycles. The molecule has 22 heavy (non-hydrogen) atoms. The molecule has 0 spiro atoms. The third kappa shape index (κ3) is 3.72. The summed E-state index contributed by atoms with van der Waals surface area (Å²) < 4.78 is 0. The molecule has 1 aromatic rings. The lowest BCUT2D eigenvalue weighted by molar-refractivity contribution is -0.101. The molecule has 2 heteroatoms. The first-order valence-electron chi connectivity index (χ1n) is 9.08. The maximum atomic E-state index is 11.1. The van der Waals surface area contributed by atoms with E-state index in [9.17, 15) is 5.11 Å². The molecule has 0 aromatic heterocycles. The molecule has 2 atom stereocenters. The van der Waals surface area contributed by atoms with Crippen LogP contribution in [0, 0.1) is 5.92 Å². The first kappa shape index (κ1) is 16.0. The standard InChI is InChI=1S/C20H31NO/c1-16(2)11-12-20(22)13-18-9-6-10-19(14-20)21(18)15-17-7-4-3-5-8-17/h3-5,7-8,16,18-19,22H,6,9-15H2,1-2H3. The Kier molecular flexibility index (Phi) is 4.89. The number of fused-ring (bicyclic) bond motifs is 2. The fourth-order valence-corrected chi connectivity index (χ4v) is 4.43. The van der Waals surface area contributed by atoms with Crippen LogP contribution in [0.5, 0.6) is 0 Å². The molecule has 1 aromatic carbocycles. The van der Waals surface area contributed by atoms with Gasteiger partial charge in [-0.3, -0.25) is 4.90 Å². The van der Waals surface area contributed by atoms with Crippen LogP contribution in [0.1, 0.15) is 64.4 Å². The summed E-state index contributed by atoms with van der Waals surface area (Å²) in [6.07, 6.45) is 7.93. The summed E-state index contributed by atoms with van der Waals surface area (Å²) in [6, 6.07) is 12.0. The van der Waals surface area contributed by atoms with E-state index in [4.69, 9.17) is 0 Å². The minimum absolute atomic E-state index is 0.410. The van der Waals surface area contributed by atoms with Gasteiger partial charge in [-0.15, -0.1) is 0 Å². The summed E-state index contributed by atoms with van der Waals surface area (Å²) in [7, 11) is 0. The summed E-state index contributed by atoms with van der Waals surface area (Å²) in [5.41, 5.74) is 1.000. The summed E-state index contributed by atoms with van der Waals surface area (Å²) in [5, 5.41) is 11.1. The van der Waals surface area contributed by atoms with Crippen LogP contribution in [0.3, 0.4) is 0 Å². The van der Waals surface area contributed by atoms with Crippen molar-refractivity contribution in [2.24, 2.45) is 5.92 Å². The molecule has 2 heterocycles. The SMILES string of the molecule is CC(C)CCC1(O)CC2CCCC(C1)N2Cc1ccccc1. The van der Waals surface area contributed by atoms with Gasteiger partial charge in [-0.1, -0.05) is 50.6 Å². The summed E-state index contributed by atoms with van der Waals surface area (Å²) in [5.74, 6) is 0.686. The Bertz CT molecular complexity index is 456.